The number of alkyl halides is 3. The normalized spacial score (nSPS) is 14.8. The fraction of sp³-hybridized carbons (Fsp3) is 0.238. The molecule has 4 aromatic rings. The van der Waals surface area contributed by atoms with Gasteiger partial charge in [-0.1, -0.05) is 0 Å². The van der Waals surface area contributed by atoms with Gasteiger partial charge in [0.25, 0.3) is 0 Å². The molecule has 0 saturated carbocycles. The third-order valence-electron chi connectivity index (χ3n) is 5.57. The molecular weight excluding hydrogens is 512 g/mol. The molecule has 4 heterocycles. The highest BCUT2D eigenvalue weighted by Crippen LogP contribution is 2.47. The predicted molar refractivity (Wildman–Crippen MR) is 120 cm³/mol. The standard InChI is InChI=1S/C21H16F4N4O4S2/c1-32-15-6-11(22)2-3-12(15)16-18(14-9-27-29-17(14)10-7-26-8-10)28-20(13-4-5-34-19(13)16)33-35(30,31)21(23,24)25/h2-6,9-10,26H,7-8H2,1H3,(H,27,29). The molecule has 0 aliphatic carbocycles. The quantitative estimate of drug-likeness (QED) is 0.217. The average molecular weight is 529 g/mol. The number of ether oxygens (including phenoxy) is 1. The van der Waals surface area contributed by atoms with Crippen LogP contribution in [0.3, 0.4) is 0 Å². The minimum atomic E-state index is -5.99. The van der Waals surface area contributed by atoms with Gasteiger partial charge in [0.15, 0.2) is 0 Å². The zero-order valence-corrected chi connectivity index (χ0v) is 19.4. The number of rotatable bonds is 6. The zero-order chi connectivity index (χ0) is 25.0. The van der Waals surface area contributed by atoms with Crippen molar-refractivity contribution in [1.29, 1.82) is 0 Å². The highest BCUT2D eigenvalue weighted by Gasteiger charge is 2.49. The van der Waals surface area contributed by atoms with Gasteiger partial charge in [-0.15, -0.1) is 11.3 Å². The molecule has 1 aliphatic rings. The van der Waals surface area contributed by atoms with Gasteiger partial charge in [0.05, 0.1) is 23.9 Å². The Morgan fingerprint density at radius 2 is 1.94 bits per heavy atom. The number of aromatic nitrogens is 3. The maximum absolute atomic E-state index is 14.0. The smallest absolute Gasteiger partial charge is 0.496 e. The lowest BCUT2D eigenvalue weighted by molar-refractivity contribution is -0.0500. The zero-order valence-electron chi connectivity index (χ0n) is 17.8. The summed E-state index contributed by atoms with van der Waals surface area (Å²) in [7, 11) is -4.63. The van der Waals surface area contributed by atoms with E-state index in [9.17, 15) is 26.0 Å². The van der Waals surface area contributed by atoms with Crippen LogP contribution >= 0.6 is 11.3 Å². The van der Waals surface area contributed by atoms with Crippen LogP contribution in [0.5, 0.6) is 11.6 Å². The monoisotopic (exact) mass is 528 g/mol. The third kappa shape index (κ3) is 4.00. The summed E-state index contributed by atoms with van der Waals surface area (Å²) in [4.78, 5) is 4.27. The van der Waals surface area contributed by atoms with E-state index in [0.29, 0.717) is 40.2 Å². The van der Waals surface area contributed by atoms with E-state index < -0.39 is 27.3 Å². The molecule has 0 unspecified atom stereocenters. The molecule has 3 aromatic heterocycles. The molecule has 8 nitrogen and oxygen atoms in total. The predicted octanol–water partition coefficient (Wildman–Crippen LogP) is 4.42. The number of hydrogen-bond acceptors (Lipinski definition) is 8. The van der Waals surface area contributed by atoms with Crippen LogP contribution in [0.1, 0.15) is 11.6 Å². The van der Waals surface area contributed by atoms with Crippen LogP contribution in [0.25, 0.3) is 32.5 Å². The lowest BCUT2D eigenvalue weighted by Gasteiger charge is -2.26. The molecule has 14 heteroatoms. The molecule has 0 amide bonds. The van der Waals surface area contributed by atoms with Crippen molar-refractivity contribution >= 4 is 31.5 Å². The number of thiophene rings is 1. The first-order valence-corrected chi connectivity index (χ1v) is 12.4. The molecule has 2 N–H and O–H groups in total. The summed E-state index contributed by atoms with van der Waals surface area (Å²) < 4.78 is 87.2. The van der Waals surface area contributed by atoms with Crippen molar-refractivity contribution in [3.05, 3.63) is 47.4 Å². The van der Waals surface area contributed by atoms with E-state index in [4.69, 9.17) is 4.74 Å². The maximum Gasteiger partial charge on any atom is 0.534 e. The third-order valence-corrected chi connectivity index (χ3v) is 7.45. The molecule has 184 valence electrons. The summed E-state index contributed by atoms with van der Waals surface area (Å²) in [6.07, 6.45) is 1.52. The molecule has 0 spiro atoms. The van der Waals surface area contributed by atoms with Crippen molar-refractivity contribution in [2.45, 2.75) is 11.4 Å². The SMILES string of the molecule is COc1cc(F)ccc1-c1c(-c2c[nH]nc2C2CNC2)nc(OS(=O)(=O)C(F)(F)F)c2ccsc12. The van der Waals surface area contributed by atoms with E-state index in [1.165, 1.54) is 37.6 Å². The van der Waals surface area contributed by atoms with Gasteiger partial charge >= 0.3 is 15.6 Å². The first-order valence-electron chi connectivity index (χ1n) is 10.1. The van der Waals surface area contributed by atoms with Crippen molar-refractivity contribution < 1.29 is 34.9 Å². The van der Waals surface area contributed by atoms with Gasteiger partial charge < -0.3 is 14.2 Å². The summed E-state index contributed by atoms with van der Waals surface area (Å²) in [5, 5.41) is 11.8. The van der Waals surface area contributed by atoms with Crippen LogP contribution in [-0.2, 0) is 10.1 Å². The Morgan fingerprint density at radius 1 is 1.17 bits per heavy atom. The fourth-order valence-electron chi connectivity index (χ4n) is 3.81. The second-order valence-electron chi connectivity index (χ2n) is 7.67. The molecule has 1 aromatic carbocycles. The first-order chi connectivity index (χ1) is 16.6. The van der Waals surface area contributed by atoms with Crippen LogP contribution in [0.15, 0.2) is 35.8 Å². The second-order valence-corrected chi connectivity index (χ2v) is 10.1. The minimum absolute atomic E-state index is 0.00308. The second kappa shape index (κ2) is 8.46. The van der Waals surface area contributed by atoms with Crippen molar-refractivity contribution in [2.24, 2.45) is 0 Å². The topological polar surface area (TPSA) is 106 Å². The van der Waals surface area contributed by atoms with Gasteiger partial charge in [-0.2, -0.15) is 26.7 Å². The van der Waals surface area contributed by atoms with Gasteiger partial charge in [0.2, 0.25) is 5.88 Å². The Hall–Kier alpha value is -3.23. The van der Waals surface area contributed by atoms with E-state index in [-0.39, 0.29) is 22.7 Å². The average Bonchev–Trinajstić information content (AvgIpc) is 3.42. The largest absolute Gasteiger partial charge is 0.534 e. The van der Waals surface area contributed by atoms with Gasteiger partial charge in [0.1, 0.15) is 11.6 Å². The van der Waals surface area contributed by atoms with Gasteiger partial charge in [-0.05, 0) is 23.6 Å². The number of H-pyrrole nitrogens is 1. The summed E-state index contributed by atoms with van der Waals surface area (Å²) in [5.74, 6) is -1.11. The number of halogens is 4. The molecular formula is C21H16F4N4O4S2. The van der Waals surface area contributed by atoms with E-state index >= 15 is 0 Å². The summed E-state index contributed by atoms with van der Waals surface area (Å²) in [5.41, 5.74) is -3.66. The fourth-order valence-corrected chi connectivity index (χ4v) is 5.19. The van der Waals surface area contributed by atoms with Gasteiger partial charge in [-0.3, -0.25) is 5.10 Å². The van der Waals surface area contributed by atoms with Gasteiger partial charge in [0, 0.05) is 52.7 Å². The van der Waals surface area contributed by atoms with E-state index in [2.05, 4.69) is 24.7 Å². The molecule has 1 saturated heterocycles. The number of hydrogen-bond donors (Lipinski definition) is 2. The lowest BCUT2D eigenvalue weighted by atomic mass is 9.91. The van der Waals surface area contributed by atoms with E-state index in [0.717, 1.165) is 11.3 Å². The molecule has 0 bridgehead atoms. The van der Waals surface area contributed by atoms with Crippen LogP contribution in [-0.4, -0.2) is 49.3 Å². The van der Waals surface area contributed by atoms with Crippen LogP contribution in [0.4, 0.5) is 17.6 Å². The van der Waals surface area contributed by atoms with E-state index in [1.54, 1.807) is 5.38 Å². The van der Waals surface area contributed by atoms with Crippen LogP contribution in [0.2, 0.25) is 0 Å². The molecule has 0 radical (unpaired) electrons. The lowest BCUT2D eigenvalue weighted by Crippen LogP contribution is -2.40. The van der Waals surface area contributed by atoms with E-state index in [1.807, 2.05) is 0 Å². The number of fused-ring (bicyclic) bond motifs is 1. The Bertz CT molecular complexity index is 1530. The first kappa shape index (κ1) is 23.5. The summed E-state index contributed by atoms with van der Waals surface area (Å²) in [6, 6.07) is 5.25. The number of nitrogens with zero attached hydrogens (tertiary/aromatic N) is 2. The Kier molecular flexibility index (Phi) is 5.68. The minimum Gasteiger partial charge on any atom is -0.496 e. The Balaban J connectivity index is 1.82. The number of benzene rings is 1. The summed E-state index contributed by atoms with van der Waals surface area (Å²) in [6.45, 7) is 1.25. The highest BCUT2D eigenvalue weighted by atomic mass is 32.2. The van der Waals surface area contributed by atoms with Crippen molar-refractivity contribution in [2.75, 3.05) is 20.2 Å². The van der Waals surface area contributed by atoms with Gasteiger partial charge in [-0.25, -0.2) is 9.37 Å². The summed E-state index contributed by atoms with van der Waals surface area (Å²) >= 11 is 1.14. The van der Waals surface area contributed by atoms with Crippen molar-refractivity contribution in [1.82, 2.24) is 20.5 Å². The van der Waals surface area contributed by atoms with Crippen molar-refractivity contribution in [3.8, 4) is 34.0 Å². The maximum atomic E-state index is 14.0. The van der Waals surface area contributed by atoms with Crippen molar-refractivity contribution in [3.63, 3.8) is 0 Å². The number of methoxy groups -OCH3 is 1. The number of aromatic amines is 1. The van der Waals surface area contributed by atoms with Crippen LogP contribution in [0, 0.1) is 5.82 Å². The number of nitrogens with one attached hydrogen (secondary N) is 2. The molecule has 35 heavy (non-hydrogen) atoms. The molecule has 1 fully saturated rings. The van der Waals surface area contributed by atoms with Crippen LogP contribution < -0.4 is 14.2 Å². The molecule has 1 aliphatic heterocycles. The number of pyridine rings is 1. The Labute approximate surface area is 200 Å². The molecule has 5 rings (SSSR count). The highest BCUT2D eigenvalue weighted by molar-refractivity contribution is 7.88. The Morgan fingerprint density at radius 3 is 2.60 bits per heavy atom. The molecule has 0 atom stereocenters.